The van der Waals surface area contributed by atoms with Crippen molar-refractivity contribution in [2.75, 3.05) is 11.9 Å². The summed E-state index contributed by atoms with van der Waals surface area (Å²) < 4.78 is 14.0. The number of carbonyl (C=O) groups is 1. The number of carbonyl (C=O) groups excluding carboxylic acids is 1. The van der Waals surface area contributed by atoms with Crippen molar-refractivity contribution in [2.45, 2.75) is 45.7 Å². The monoisotopic (exact) mass is 341 g/mol. The highest BCUT2D eigenvalue weighted by molar-refractivity contribution is 5.93. The molecular weight excluding hydrogens is 315 g/mol. The minimum absolute atomic E-state index is 0.00207. The summed E-state index contributed by atoms with van der Waals surface area (Å²) in [6.45, 7) is 5.03. The van der Waals surface area contributed by atoms with E-state index in [2.05, 4.69) is 12.2 Å². The van der Waals surface area contributed by atoms with Crippen molar-refractivity contribution in [2.24, 2.45) is 0 Å². The first-order valence-corrected chi connectivity index (χ1v) is 9.04. The van der Waals surface area contributed by atoms with E-state index in [0.717, 1.165) is 41.0 Å². The standard InChI is InChI=1S/C21H25FN2O/c1-3-16-9-6-7-15(2)21(16)23-20(25)14-24(18-11-12-18)13-17-8-4-5-10-19(17)22/h4-10,18H,3,11-14H2,1-2H3,(H,23,25)/p+1. The maximum Gasteiger partial charge on any atom is 0.279 e. The highest BCUT2D eigenvalue weighted by Gasteiger charge is 2.35. The van der Waals surface area contributed by atoms with E-state index < -0.39 is 0 Å². The number of amides is 1. The minimum Gasteiger partial charge on any atom is -0.321 e. The smallest absolute Gasteiger partial charge is 0.279 e. The number of anilines is 1. The molecule has 0 spiro atoms. The van der Waals surface area contributed by atoms with E-state index >= 15 is 0 Å². The van der Waals surface area contributed by atoms with E-state index in [-0.39, 0.29) is 11.7 Å². The highest BCUT2D eigenvalue weighted by Crippen LogP contribution is 2.21. The van der Waals surface area contributed by atoms with Gasteiger partial charge in [-0.3, -0.25) is 4.79 Å². The molecule has 0 aliphatic heterocycles. The third kappa shape index (κ3) is 4.45. The Labute approximate surface area is 148 Å². The lowest BCUT2D eigenvalue weighted by atomic mass is 10.1. The molecule has 4 heteroatoms. The molecule has 0 radical (unpaired) electrons. The zero-order valence-corrected chi connectivity index (χ0v) is 14.9. The average Bonchev–Trinajstić information content (AvgIpc) is 3.43. The normalized spacial score (nSPS) is 15.0. The van der Waals surface area contributed by atoms with Gasteiger partial charge in [0.05, 0.1) is 6.04 Å². The summed E-state index contributed by atoms with van der Waals surface area (Å²) in [5, 5.41) is 3.09. The van der Waals surface area contributed by atoms with Gasteiger partial charge in [0.15, 0.2) is 6.54 Å². The van der Waals surface area contributed by atoms with Gasteiger partial charge in [0.2, 0.25) is 0 Å². The Balaban J connectivity index is 1.69. The summed E-state index contributed by atoms with van der Waals surface area (Å²) in [5.74, 6) is -0.185. The van der Waals surface area contributed by atoms with E-state index in [4.69, 9.17) is 0 Å². The molecular formula is C21H26FN2O+. The van der Waals surface area contributed by atoms with Gasteiger partial charge in [-0.25, -0.2) is 4.39 Å². The summed E-state index contributed by atoms with van der Waals surface area (Å²) in [7, 11) is 0. The van der Waals surface area contributed by atoms with Crippen LogP contribution < -0.4 is 10.2 Å². The van der Waals surface area contributed by atoms with Gasteiger partial charge < -0.3 is 10.2 Å². The molecule has 0 heterocycles. The SMILES string of the molecule is CCc1cccc(C)c1NC(=O)C[NH+](Cc1ccccc1F)C1CC1. The van der Waals surface area contributed by atoms with Gasteiger partial charge in [-0.05, 0) is 30.5 Å². The lowest BCUT2D eigenvalue weighted by molar-refractivity contribution is -0.917. The first-order valence-electron chi connectivity index (χ1n) is 9.04. The molecule has 1 atom stereocenters. The number of halogens is 1. The van der Waals surface area contributed by atoms with Crippen molar-refractivity contribution >= 4 is 11.6 Å². The predicted octanol–water partition coefficient (Wildman–Crippen LogP) is 2.88. The van der Waals surface area contributed by atoms with E-state index in [9.17, 15) is 9.18 Å². The van der Waals surface area contributed by atoms with Crippen LogP contribution in [0.1, 0.15) is 36.5 Å². The van der Waals surface area contributed by atoms with Gasteiger partial charge in [0.1, 0.15) is 12.4 Å². The first-order chi connectivity index (χ1) is 12.1. The molecule has 1 unspecified atom stereocenters. The maximum atomic E-state index is 14.0. The first kappa shape index (κ1) is 17.6. The number of hydrogen-bond donors (Lipinski definition) is 2. The van der Waals surface area contributed by atoms with Crippen molar-refractivity contribution in [3.63, 3.8) is 0 Å². The molecule has 1 amide bonds. The Bertz CT molecular complexity index is 755. The van der Waals surface area contributed by atoms with Gasteiger partial charge in [-0.15, -0.1) is 0 Å². The van der Waals surface area contributed by atoms with Crippen LogP contribution in [-0.2, 0) is 17.8 Å². The number of benzene rings is 2. The Hall–Kier alpha value is -2.20. The fourth-order valence-electron chi connectivity index (χ4n) is 3.32. The summed E-state index contributed by atoms with van der Waals surface area (Å²) in [5.41, 5.74) is 3.84. The Morgan fingerprint density at radius 1 is 1.16 bits per heavy atom. The van der Waals surface area contributed by atoms with Gasteiger partial charge in [0, 0.05) is 24.1 Å². The Morgan fingerprint density at radius 3 is 2.56 bits per heavy atom. The second kappa shape index (κ2) is 7.79. The molecule has 2 aromatic rings. The molecule has 0 saturated heterocycles. The summed E-state index contributed by atoms with van der Waals surface area (Å²) in [6, 6.07) is 13.4. The topological polar surface area (TPSA) is 33.5 Å². The third-order valence-corrected chi connectivity index (χ3v) is 4.92. The van der Waals surface area contributed by atoms with E-state index in [1.165, 1.54) is 6.07 Å². The van der Waals surface area contributed by atoms with Crippen molar-refractivity contribution < 1.29 is 14.1 Å². The molecule has 3 nitrogen and oxygen atoms in total. The van der Waals surface area contributed by atoms with E-state index in [1.54, 1.807) is 6.07 Å². The van der Waals surface area contributed by atoms with Gasteiger partial charge in [0.25, 0.3) is 5.91 Å². The van der Waals surface area contributed by atoms with Crippen LogP contribution in [-0.4, -0.2) is 18.5 Å². The number of aryl methyl sites for hydroxylation is 2. The van der Waals surface area contributed by atoms with E-state index in [1.807, 2.05) is 37.3 Å². The average molecular weight is 341 g/mol. The lowest BCUT2D eigenvalue weighted by Gasteiger charge is -2.20. The maximum absolute atomic E-state index is 14.0. The van der Waals surface area contributed by atoms with Crippen LogP contribution in [0.25, 0.3) is 0 Å². The second-order valence-corrected chi connectivity index (χ2v) is 6.89. The number of para-hydroxylation sites is 1. The molecule has 2 aromatic carbocycles. The molecule has 1 fully saturated rings. The van der Waals surface area contributed by atoms with Crippen LogP contribution >= 0.6 is 0 Å². The van der Waals surface area contributed by atoms with Gasteiger partial charge in [-0.1, -0.05) is 43.3 Å². The second-order valence-electron chi connectivity index (χ2n) is 6.89. The van der Waals surface area contributed by atoms with Crippen LogP contribution in [0.3, 0.4) is 0 Å². The molecule has 132 valence electrons. The van der Waals surface area contributed by atoms with Crippen LogP contribution in [0.15, 0.2) is 42.5 Å². The summed E-state index contributed by atoms with van der Waals surface area (Å²) in [4.78, 5) is 13.8. The van der Waals surface area contributed by atoms with Crippen LogP contribution in [0.2, 0.25) is 0 Å². The fourth-order valence-corrected chi connectivity index (χ4v) is 3.32. The van der Waals surface area contributed by atoms with Crippen molar-refractivity contribution in [3.8, 4) is 0 Å². The van der Waals surface area contributed by atoms with Gasteiger partial charge >= 0.3 is 0 Å². The van der Waals surface area contributed by atoms with Crippen LogP contribution in [0, 0.1) is 12.7 Å². The quantitative estimate of drug-likeness (QED) is 0.798. The van der Waals surface area contributed by atoms with Gasteiger partial charge in [-0.2, -0.15) is 0 Å². The molecule has 1 saturated carbocycles. The summed E-state index contributed by atoms with van der Waals surface area (Å²) in [6.07, 6.45) is 3.11. The van der Waals surface area contributed by atoms with Crippen LogP contribution in [0.4, 0.5) is 10.1 Å². The zero-order valence-electron chi connectivity index (χ0n) is 14.9. The number of nitrogens with one attached hydrogen (secondary N) is 2. The van der Waals surface area contributed by atoms with Crippen molar-refractivity contribution in [3.05, 3.63) is 65.0 Å². The molecule has 3 rings (SSSR count). The number of hydrogen-bond acceptors (Lipinski definition) is 1. The third-order valence-electron chi connectivity index (χ3n) is 4.92. The Kier molecular flexibility index (Phi) is 5.49. The highest BCUT2D eigenvalue weighted by atomic mass is 19.1. The number of quaternary nitrogens is 1. The minimum atomic E-state index is -0.187. The zero-order chi connectivity index (χ0) is 17.8. The molecule has 0 aromatic heterocycles. The fraction of sp³-hybridized carbons (Fsp3) is 0.381. The van der Waals surface area contributed by atoms with E-state index in [0.29, 0.717) is 24.7 Å². The predicted molar refractivity (Wildman–Crippen MR) is 98.1 cm³/mol. The molecule has 1 aliphatic rings. The van der Waals surface area contributed by atoms with Crippen LogP contribution in [0.5, 0.6) is 0 Å². The Morgan fingerprint density at radius 2 is 1.88 bits per heavy atom. The summed E-state index contributed by atoms with van der Waals surface area (Å²) >= 11 is 0. The lowest BCUT2D eigenvalue weighted by Crippen LogP contribution is -3.13. The molecule has 25 heavy (non-hydrogen) atoms. The van der Waals surface area contributed by atoms with Crippen molar-refractivity contribution in [1.29, 1.82) is 0 Å². The molecule has 0 bridgehead atoms. The number of rotatable bonds is 7. The largest absolute Gasteiger partial charge is 0.321 e. The molecule has 1 aliphatic carbocycles. The molecule has 2 N–H and O–H groups in total. The van der Waals surface area contributed by atoms with Crippen molar-refractivity contribution in [1.82, 2.24) is 0 Å².